The van der Waals surface area contributed by atoms with Crippen LogP contribution in [0, 0.1) is 23.7 Å². The summed E-state index contributed by atoms with van der Waals surface area (Å²) < 4.78 is 0. The van der Waals surface area contributed by atoms with Crippen molar-refractivity contribution in [2.24, 2.45) is 0 Å². The van der Waals surface area contributed by atoms with Crippen LogP contribution in [0.5, 0.6) is 0 Å². The number of benzene rings is 2. The van der Waals surface area contributed by atoms with Gasteiger partial charge in [0, 0.05) is 11.1 Å². The third kappa shape index (κ3) is 11.0. The van der Waals surface area contributed by atoms with Crippen molar-refractivity contribution in [2.45, 2.75) is 0 Å². The van der Waals surface area contributed by atoms with Gasteiger partial charge in [0.2, 0.25) is 0 Å². The Kier molecular flexibility index (Phi) is 11.1. The fraction of sp³-hybridized carbons (Fsp3) is 0. The summed E-state index contributed by atoms with van der Waals surface area (Å²) >= 11 is 0. The molecule has 0 saturated heterocycles. The third-order valence-corrected chi connectivity index (χ3v) is 2.17. The smallest absolute Gasteiger partial charge is 0.537 e. The molecule has 0 radical (unpaired) electrons. The van der Waals surface area contributed by atoms with Gasteiger partial charge in [0.05, 0.1) is 0 Å². The molecule has 0 aliphatic carbocycles. The molecule has 0 N–H and O–H groups in total. The second kappa shape index (κ2) is 12.3. The van der Waals surface area contributed by atoms with Crippen molar-refractivity contribution in [1.82, 2.24) is 0 Å². The second-order valence-corrected chi connectivity index (χ2v) is 3.81. The van der Waals surface area contributed by atoms with Gasteiger partial charge in [-0.1, -0.05) is 48.2 Å². The van der Waals surface area contributed by atoms with E-state index in [-0.39, 0.29) is 37.7 Å². The summed E-state index contributed by atoms with van der Waals surface area (Å²) in [5.41, 5.74) is 1.36. The van der Waals surface area contributed by atoms with E-state index in [0.29, 0.717) is 11.1 Å². The van der Waals surface area contributed by atoms with Crippen LogP contribution in [0.4, 0.5) is 0 Å². The van der Waals surface area contributed by atoms with Gasteiger partial charge in [-0.2, -0.15) is 0 Å². The average molecular weight is 330 g/mol. The topological polar surface area (TPSA) is 80.3 Å². The molecule has 0 aromatic heterocycles. The zero-order chi connectivity index (χ0) is 16.2. The zero-order valence-electron chi connectivity index (χ0n) is 12.1. The van der Waals surface area contributed by atoms with Crippen LogP contribution in [0.3, 0.4) is 0 Å². The third-order valence-electron chi connectivity index (χ3n) is 2.17. The maximum atomic E-state index is 9.89. The minimum Gasteiger partial charge on any atom is -0.537 e. The fourth-order valence-corrected chi connectivity index (χ4v) is 1.29. The normalized spacial score (nSPS) is 7.65. The number of carbonyl (C=O) groups is 2. The van der Waals surface area contributed by atoms with Crippen LogP contribution < -0.4 is 10.2 Å². The van der Waals surface area contributed by atoms with Crippen molar-refractivity contribution in [3.63, 3.8) is 0 Å². The Hall–Kier alpha value is -2.24. The molecule has 2 aromatic carbocycles. The van der Waals surface area contributed by atoms with Crippen LogP contribution in [0.1, 0.15) is 11.1 Å². The summed E-state index contributed by atoms with van der Waals surface area (Å²) in [6.07, 6.45) is 0. The molecular weight excluding hydrogens is 320 g/mol. The van der Waals surface area contributed by atoms with Crippen LogP contribution in [-0.2, 0) is 9.59 Å². The molecule has 0 aliphatic heterocycles. The summed E-state index contributed by atoms with van der Waals surface area (Å²) in [5, 5.41) is 19.8. The van der Waals surface area contributed by atoms with E-state index in [9.17, 15) is 19.8 Å². The molecule has 2 rings (SSSR count). The Bertz CT molecular complexity index is 680. The average Bonchev–Trinajstić information content (AvgIpc) is 2.53. The van der Waals surface area contributed by atoms with Crippen LogP contribution in [0.15, 0.2) is 60.7 Å². The van der Waals surface area contributed by atoms with Crippen molar-refractivity contribution in [3.05, 3.63) is 71.8 Å². The molecule has 2 aromatic rings. The molecule has 108 valence electrons. The van der Waals surface area contributed by atoms with Crippen molar-refractivity contribution in [2.75, 3.05) is 0 Å². The molecule has 4 nitrogen and oxygen atoms in total. The van der Waals surface area contributed by atoms with Gasteiger partial charge in [0.15, 0.2) is 0 Å². The molecule has 0 heterocycles. The Morgan fingerprint density at radius 1 is 0.652 bits per heavy atom. The van der Waals surface area contributed by atoms with E-state index >= 15 is 0 Å². The fourth-order valence-electron chi connectivity index (χ4n) is 1.29. The van der Waals surface area contributed by atoms with Crippen molar-refractivity contribution < 1.29 is 19.8 Å². The van der Waals surface area contributed by atoms with Crippen LogP contribution >= 0.6 is 0 Å². The second-order valence-electron chi connectivity index (χ2n) is 3.81. The first-order chi connectivity index (χ1) is 10.6. The summed E-state index contributed by atoms with van der Waals surface area (Å²) in [5.74, 6) is 5.99. The largest absolute Gasteiger partial charge is 2.00 e. The Morgan fingerprint density at radius 3 is 1.22 bits per heavy atom. The number of rotatable bonds is 0. The van der Waals surface area contributed by atoms with Gasteiger partial charge in [-0.3, -0.25) is 0 Å². The van der Waals surface area contributed by atoms with Crippen LogP contribution in [0.25, 0.3) is 0 Å². The van der Waals surface area contributed by atoms with Gasteiger partial charge in [-0.05, 0) is 36.1 Å². The summed E-state index contributed by atoms with van der Waals surface area (Å²) in [6.45, 7) is 0. The van der Waals surface area contributed by atoms with E-state index < -0.39 is 11.9 Å². The first kappa shape index (κ1) is 20.8. The Balaban J connectivity index is 0.000000403. The van der Waals surface area contributed by atoms with Crippen molar-refractivity contribution in [1.29, 1.82) is 0 Å². The van der Waals surface area contributed by atoms with E-state index in [1.165, 1.54) is 0 Å². The quantitative estimate of drug-likeness (QED) is 0.468. The van der Waals surface area contributed by atoms with Gasteiger partial charge in [-0.25, -0.2) is 0 Å². The number of carboxylic acid groups (broad SMARTS) is 2. The number of hydrogen-bond donors (Lipinski definition) is 0. The molecule has 0 unspecified atom stereocenters. The van der Waals surface area contributed by atoms with Gasteiger partial charge >= 0.3 is 37.7 Å². The maximum Gasteiger partial charge on any atom is 2.00 e. The van der Waals surface area contributed by atoms with Gasteiger partial charge in [-0.15, -0.1) is 0 Å². The van der Waals surface area contributed by atoms with E-state index in [2.05, 4.69) is 11.8 Å². The maximum absolute atomic E-state index is 9.89. The van der Waals surface area contributed by atoms with Gasteiger partial charge in [0.25, 0.3) is 0 Å². The predicted octanol–water partition coefficient (Wildman–Crippen LogP) is -0.805. The van der Waals surface area contributed by atoms with Crippen molar-refractivity contribution in [3.8, 4) is 23.7 Å². The summed E-state index contributed by atoms with van der Waals surface area (Å²) in [6, 6.07) is 17.8. The molecule has 0 atom stereocenters. The summed E-state index contributed by atoms with van der Waals surface area (Å²) in [7, 11) is 0. The van der Waals surface area contributed by atoms with Gasteiger partial charge in [0.1, 0.15) is 11.9 Å². The molecular formula is C18H10CaO4. The van der Waals surface area contributed by atoms with E-state index in [4.69, 9.17) is 0 Å². The Morgan fingerprint density at radius 2 is 0.957 bits per heavy atom. The van der Waals surface area contributed by atoms with E-state index in [0.717, 1.165) is 0 Å². The molecule has 0 bridgehead atoms. The van der Waals surface area contributed by atoms with E-state index in [1.807, 2.05) is 24.0 Å². The van der Waals surface area contributed by atoms with E-state index in [1.54, 1.807) is 48.5 Å². The first-order valence-electron chi connectivity index (χ1n) is 6.14. The molecule has 0 fully saturated rings. The van der Waals surface area contributed by atoms with Crippen LogP contribution in [-0.4, -0.2) is 49.7 Å². The Labute approximate surface area is 164 Å². The monoisotopic (exact) mass is 330 g/mol. The number of carbonyl (C=O) groups excluding carboxylic acids is 2. The number of carboxylic acids is 2. The number of hydrogen-bond acceptors (Lipinski definition) is 4. The van der Waals surface area contributed by atoms with Gasteiger partial charge < -0.3 is 19.8 Å². The molecule has 5 heteroatoms. The number of aliphatic carboxylic acids is 2. The molecule has 0 amide bonds. The molecule has 0 aliphatic rings. The molecule has 23 heavy (non-hydrogen) atoms. The minimum atomic E-state index is -1.35. The first-order valence-corrected chi connectivity index (χ1v) is 6.14. The van der Waals surface area contributed by atoms with Crippen molar-refractivity contribution >= 4 is 49.7 Å². The molecule has 0 saturated carbocycles. The van der Waals surface area contributed by atoms with Crippen LogP contribution in [0.2, 0.25) is 0 Å². The minimum absolute atomic E-state index is 0. The predicted molar refractivity (Wildman–Crippen MR) is 82.4 cm³/mol. The SMILES string of the molecule is O=C([O-])C#Cc1ccccc1.O=C([O-])C#Cc1ccccc1.[Ca+2]. The summed E-state index contributed by atoms with van der Waals surface area (Å²) in [4.78, 5) is 19.8. The molecule has 0 spiro atoms. The standard InChI is InChI=1S/2C9H6O2.Ca/c2*10-9(11)7-6-8-4-2-1-3-5-8;/h2*1-5H,(H,10,11);/q;;+2/p-2. The zero-order valence-corrected chi connectivity index (χ0v) is 14.3.